The van der Waals surface area contributed by atoms with Gasteiger partial charge < -0.3 is 10.1 Å². The summed E-state index contributed by atoms with van der Waals surface area (Å²) in [6.07, 6.45) is 1.29. The molecule has 0 heterocycles. The Hall–Kier alpha value is -2.13. The van der Waals surface area contributed by atoms with Gasteiger partial charge in [0.05, 0.1) is 13.2 Å². The molecule has 0 aliphatic rings. The van der Waals surface area contributed by atoms with E-state index in [0.717, 1.165) is 12.0 Å². The van der Waals surface area contributed by atoms with E-state index >= 15 is 0 Å². The van der Waals surface area contributed by atoms with Crippen LogP contribution in [0.25, 0.3) is 0 Å². The Balaban J connectivity index is 1.59. The number of benzene rings is 2. The van der Waals surface area contributed by atoms with Crippen LogP contribution in [0.5, 0.6) is 0 Å². The lowest BCUT2D eigenvalue weighted by atomic mass is 10.0. The number of nitrogens with one attached hydrogen (secondary N) is 1. The van der Waals surface area contributed by atoms with Crippen LogP contribution in [0.4, 0.5) is 0 Å². The van der Waals surface area contributed by atoms with E-state index in [1.54, 1.807) is 0 Å². The molecule has 122 valence electrons. The molecule has 1 N–H and O–H groups in total. The second-order valence-corrected chi connectivity index (χ2v) is 5.81. The highest BCUT2D eigenvalue weighted by molar-refractivity contribution is 5.76. The number of amides is 1. The van der Waals surface area contributed by atoms with Crippen LogP contribution in [-0.2, 0) is 22.6 Å². The van der Waals surface area contributed by atoms with E-state index in [1.165, 1.54) is 16.7 Å². The molecule has 3 nitrogen and oxygen atoms in total. The van der Waals surface area contributed by atoms with E-state index in [1.807, 2.05) is 30.3 Å². The molecule has 0 aromatic heterocycles. The maximum Gasteiger partial charge on any atom is 0.220 e. The van der Waals surface area contributed by atoms with E-state index in [2.05, 4.69) is 37.4 Å². The summed E-state index contributed by atoms with van der Waals surface area (Å²) in [5, 5.41) is 2.90. The first-order valence-corrected chi connectivity index (χ1v) is 8.09. The Kier molecular flexibility index (Phi) is 6.82. The summed E-state index contributed by atoms with van der Waals surface area (Å²) in [5.74, 6) is 0.0755. The molecule has 3 heteroatoms. The van der Waals surface area contributed by atoms with Crippen LogP contribution in [0.1, 0.15) is 28.7 Å². The Bertz CT molecular complexity index is 623. The van der Waals surface area contributed by atoms with Crippen molar-refractivity contribution in [3.05, 3.63) is 70.8 Å². The lowest BCUT2D eigenvalue weighted by molar-refractivity contribution is -0.121. The van der Waals surface area contributed by atoms with Crippen molar-refractivity contribution in [2.24, 2.45) is 0 Å². The van der Waals surface area contributed by atoms with Gasteiger partial charge in [0.2, 0.25) is 5.91 Å². The van der Waals surface area contributed by atoms with Crippen LogP contribution in [0.15, 0.2) is 48.5 Å². The third-order valence-corrected chi connectivity index (χ3v) is 3.89. The summed E-state index contributed by atoms with van der Waals surface area (Å²) in [6.45, 7) is 5.87. The zero-order valence-electron chi connectivity index (χ0n) is 14.0. The number of carbonyl (C=O) groups is 1. The van der Waals surface area contributed by atoms with E-state index in [9.17, 15) is 4.79 Å². The first-order valence-electron chi connectivity index (χ1n) is 8.09. The molecule has 0 radical (unpaired) electrons. The lowest BCUT2D eigenvalue weighted by Gasteiger charge is -2.08. The number of rotatable bonds is 8. The van der Waals surface area contributed by atoms with Gasteiger partial charge >= 0.3 is 0 Å². The van der Waals surface area contributed by atoms with Gasteiger partial charge in [-0.15, -0.1) is 0 Å². The van der Waals surface area contributed by atoms with Crippen LogP contribution in [-0.4, -0.2) is 19.1 Å². The van der Waals surface area contributed by atoms with Crippen LogP contribution < -0.4 is 5.32 Å². The molecule has 0 fully saturated rings. The molecule has 2 rings (SSSR count). The Morgan fingerprint density at radius 3 is 2.52 bits per heavy atom. The fourth-order valence-corrected chi connectivity index (χ4v) is 2.33. The van der Waals surface area contributed by atoms with Crippen LogP contribution in [0, 0.1) is 13.8 Å². The summed E-state index contributed by atoms with van der Waals surface area (Å²) in [6, 6.07) is 16.4. The highest BCUT2D eigenvalue weighted by Crippen LogP contribution is 2.11. The molecule has 0 atom stereocenters. The molecule has 1 amide bonds. The molecule has 2 aromatic rings. The van der Waals surface area contributed by atoms with Crippen molar-refractivity contribution in [2.45, 2.75) is 33.3 Å². The van der Waals surface area contributed by atoms with Crippen molar-refractivity contribution in [1.29, 1.82) is 0 Å². The Morgan fingerprint density at radius 2 is 1.78 bits per heavy atom. The first kappa shape index (κ1) is 17.2. The number of hydrogen-bond acceptors (Lipinski definition) is 2. The molecule has 23 heavy (non-hydrogen) atoms. The standard InChI is InChI=1S/C20H25NO2/c1-16-8-9-18(14-17(16)2)10-11-20(22)21-12-13-23-15-19-6-4-3-5-7-19/h3-9,14H,10-13,15H2,1-2H3,(H,21,22). The number of aryl methyl sites for hydroxylation is 3. The fraction of sp³-hybridized carbons (Fsp3) is 0.350. The van der Waals surface area contributed by atoms with E-state index in [-0.39, 0.29) is 5.91 Å². The smallest absolute Gasteiger partial charge is 0.220 e. The molecular weight excluding hydrogens is 286 g/mol. The number of hydrogen-bond donors (Lipinski definition) is 1. The number of carbonyl (C=O) groups excluding carboxylic acids is 1. The molecule has 0 aliphatic carbocycles. The van der Waals surface area contributed by atoms with Crippen LogP contribution in [0.3, 0.4) is 0 Å². The van der Waals surface area contributed by atoms with Gasteiger partial charge in [0.1, 0.15) is 0 Å². The van der Waals surface area contributed by atoms with E-state index in [4.69, 9.17) is 4.74 Å². The van der Waals surface area contributed by atoms with Gasteiger partial charge in [-0.1, -0.05) is 48.5 Å². The highest BCUT2D eigenvalue weighted by atomic mass is 16.5. The lowest BCUT2D eigenvalue weighted by Crippen LogP contribution is -2.27. The first-order chi connectivity index (χ1) is 11.1. The van der Waals surface area contributed by atoms with Crippen molar-refractivity contribution in [3.8, 4) is 0 Å². The van der Waals surface area contributed by atoms with Crippen molar-refractivity contribution >= 4 is 5.91 Å². The third kappa shape index (κ3) is 6.25. The largest absolute Gasteiger partial charge is 0.375 e. The summed E-state index contributed by atoms with van der Waals surface area (Å²) in [4.78, 5) is 11.8. The average molecular weight is 311 g/mol. The summed E-state index contributed by atoms with van der Waals surface area (Å²) in [7, 11) is 0. The van der Waals surface area contributed by atoms with Crippen molar-refractivity contribution in [2.75, 3.05) is 13.2 Å². The van der Waals surface area contributed by atoms with Gasteiger partial charge in [0.25, 0.3) is 0 Å². The molecule has 0 bridgehead atoms. The molecule has 0 spiro atoms. The normalized spacial score (nSPS) is 10.5. The summed E-state index contributed by atoms with van der Waals surface area (Å²) in [5.41, 5.74) is 4.92. The predicted octanol–water partition coefficient (Wildman–Crippen LogP) is 3.57. The second kappa shape index (κ2) is 9.11. The van der Waals surface area contributed by atoms with E-state index < -0.39 is 0 Å². The zero-order chi connectivity index (χ0) is 16.5. The second-order valence-electron chi connectivity index (χ2n) is 5.81. The van der Waals surface area contributed by atoms with Gasteiger partial charge in [0, 0.05) is 13.0 Å². The summed E-state index contributed by atoms with van der Waals surface area (Å²) >= 11 is 0. The van der Waals surface area contributed by atoms with Crippen molar-refractivity contribution in [3.63, 3.8) is 0 Å². The van der Waals surface area contributed by atoms with Crippen LogP contribution >= 0.6 is 0 Å². The highest BCUT2D eigenvalue weighted by Gasteiger charge is 2.03. The monoisotopic (exact) mass is 311 g/mol. The van der Waals surface area contributed by atoms with Gasteiger partial charge in [-0.05, 0) is 42.5 Å². The van der Waals surface area contributed by atoms with E-state index in [0.29, 0.717) is 26.2 Å². The fourth-order valence-electron chi connectivity index (χ4n) is 2.33. The topological polar surface area (TPSA) is 38.3 Å². The van der Waals surface area contributed by atoms with Gasteiger partial charge in [-0.3, -0.25) is 4.79 Å². The molecule has 0 aliphatic heterocycles. The maximum absolute atomic E-state index is 11.8. The molecule has 0 saturated heterocycles. The molecule has 0 unspecified atom stereocenters. The van der Waals surface area contributed by atoms with Gasteiger partial charge in [-0.2, -0.15) is 0 Å². The molecule has 2 aromatic carbocycles. The minimum absolute atomic E-state index is 0.0755. The van der Waals surface area contributed by atoms with Gasteiger partial charge in [0.15, 0.2) is 0 Å². The maximum atomic E-state index is 11.8. The van der Waals surface area contributed by atoms with Crippen molar-refractivity contribution < 1.29 is 9.53 Å². The van der Waals surface area contributed by atoms with Crippen molar-refractivity contribution in [1.82, 2.24) is 5.32 Å². The predicted molar refractivity (Wildman–Crippen MR) is 93.3 cm³/mol. The third-order valence-electron chi connectivity index (χ3n) is 3.89. The minimum atomic E-state index is 0.0755. The molecule has 0 saturated carbocycles. The SMILES string of the molecule is Cc1ccc(CCC(=O)NCCOCc2ccccc2)cc1C. The van der Waals surface area contributed by atoms with Gasteiger partial charge in [-0.25, -0.2) is 0 Å². The molecular formula is C20H25NO2. The Labute approximate surface area is 138 Å². The number of ether oxygens (including phenoxy) is 1. The zero-order valence-corrected chi connectivity index (χ0v) is 14.0. The quantitative estimate of drug-likeness (QED) is 0.757. The minimum Gasteiger partial charge on any atom is -0.375 e. The average Bonchev–Trinajstić information content (AvgIpc) is 2.56. The summed E-state index contributed by atoms with van der Waals surface area (Å²) < 4.78 is 5.55. The Morgan fingerprint density at radius 1 is 1.00 bits per heavy atom. The van der Waals surface area contributed by atoms with Crippen LogP contribution in [0.2, 0.25) is 0 Å².